The van der Waals surface area contributed by atoms with Crippen LogP contribution < -0.4 is 0 Å². The number of carbonyl (C=O) groups is 1. The Bertz CT molecular complexity index is 636. The molecule has 0 saturated carbocycles. The third-order valence-corrected chi connectivity index (χ3v) is 4.55. The zero-order valence-corrected chi connectivity index (χ0v) is 12.9. The van der Waals surface area contributed by atoms with Crippen molar-refractivity contribution >= 4 is 12.0 Å². The number of aryl methyl sites for hydroxylation is 1. The number of rotatable bonds is 2. The lowest BCUT2D eigenvalue weighted by atomic mass is 9.90. The number of carboxylic acid groups (broad SMARTS) is 1. The minimum absolute atomic E-state index is 0.0154. The molecule has 1 aromatic rings. The molecule has 1 fully saturated rings. The van der Waals surface area contributed by atoms with Crippen molar-refractivity contribution in [2.45, 2.75) is 19.1 Å². The van der Waals surface area contributed by atoms with Crippen LogP contribution in [0.1, 0.15) is 33.7 Å². The number of nitrogens with zero attached hydrogens (tertiary/aromatic N) is 3. The molecule has 1 atom stereocenters. The summed E-state index contributed by atoms with van der Waals surface area (Å²) in [5, 5.41) is 20.5. The van der Waals surface area contributed by atoms with E-state index in [0.717, 1.165) is 31.7 Å². The molecule has 6 heteroatoms. The molecule has 3 rings (SSSR count). The summed E-state index contributed by atoms with van der Waals surface area (Å²) in [7, 11) is 2.06. The summed E-state index contributed by atoms with van der Waals surface area (Å²) >= 11 is 0. The van der Waals surface area contributed by atoms with Crippen LogP contribution in [0, 0.1) is 6.92 Å². The Kier molecular flexibility index (Phi) is 3.76. The number of aromatic carboxylic acids is 1. The molecule has 0 aromatic carbocycles. The molecular weight excluding hydrogens is 282 g/mol. The third kappa shape index (κ3) is 2.43. The molecular formula is C16H21N3O3. The van der Waals surface area contributed by atoms with Gasteiger partial charge >= 0.3 is 5.97 Å². The average Bonchev–Trinajstić information content (AvgIpc) is 2.47. The molecule has 0 bridgehead atoms. The molecule has 1 aliphatic heterocycles. The topological polar surface area (TPSA) is 76.9 Å². The first kappa shape index (κ1) is 15.1. The number of piperazine rings is 1. The van der Waals surface area contributed by atoms with E-state index in [1.807, 2.05) is 17.1 Å². The molecule has 22 heavy (non-hydrogen) atoms. The Morgan fingerprint density at radius 3 is 2.64 bits per heavy atom. The van der Waals surface area contributed by atoms with Gasteiger partial charge < -0.3 is 15.1 Å². The van der Waals surface area contributed by atoms with Gasteiger partial charge in [-0.25, -0.2) is 9.78 Å². The summed E-state index contributed by atoms with van der Waals surface area (Å²) in [5.74, 6) is -1.06. The van der Waals surface area contributed by atoms with Crippen molar-refractivity contribution in [3.63, 3.8) is 0 Å². The van der Waals surface area contributed by atoms with Crippen molar-refractivity contribution in [3.05, 3.63) is 34.7 Å². The zero-order chi connectivity index (χ0) is 15.9. The molecule has 2 N–H and O–H groups in total. The number of pyridine rings is 1. The van der Waals surface area contributed by atoms with Gasteiger partial charge in [0, 0.05) is 38.2 Å². The predicted octanol–water partition coefficient (Wildman–Crippen LogP) is 0.898. The molecule has 0 radical (unpaired) electrons. The Hall–Kier alpha value is -1.76. The third-order valence-electron chi connectivity index (χ3n) is 4.55. The molecule has 1 aliphatic carbocycles. The second-order valence-electron chi connectivity index (χ2n) is 6.11. The fourth-order valence-corrected chi connectivity index (χ4v) is 3.20. The van der Waals surface area contributed by atoms with Gasteiger partial charge in [-0.15, -0.1) is 0 Å². The highest BCUT2D eigenvalue weighted by Crippen LogP contribution is 2.36. The quantitative estimate of drug-likeness (QED) is 0.845. The molecule has 1 unspecified atom stereocenters. The Morgan fingerprint density at radius 2 is 2.00 bits per heavy atom. The van der Waals surface area contributed by atoms with Crippen molar-refractivity contribution in [2.75, 3.05) is 33.2 Å². The summed E-state index contributed by atoms with van der Waals surface area (Å²) in [6.45, 7) is 4.95. The zero-order valence-electron chi connectivity index (χ0n) is 12.9. The minimum Gasteiger partial charge on any atom is -0.477 e. The van der Waals surface area contributed by atoms with Crippen LogP contribution in [-0.4, -0.2) is 64.2 Å². The first-order valence-electron chi connectivity index (χ1n) is 7.50. The average molecular weight is 303 g/mol. The van der Waals surface area contributed by atoms with Crippen molar-refractivity contribution in [1.29, 1.82) is 0 Å². The first-order valence-corrected chi connectivity index (χ1v) is 7.50. The molecule has 1 saturated heterocycles. The van der Waals surface area contributed by atoms with Crippen LogP contribution in [0.2, 0.25) is 0 Å². The predicted molar refractivity (Wildman–Crippen MR) is 82.6 cm³/mol. The monoisotopic (exact) mass is 303 g/mol. The van der Waals surface area contributed by atoms with Crippen LogP contribution in [0.25, 0.3) is 6.08 Å². The Balaban J connectivity index is 2.04. The molecule has 1 aromatic heterocycles. The van der Waals surface area contributed by atoms with Crippen LogP contribution in [0.15, 0.2) is 12.1 Å². The molecule has 2 aliphatic rings. The van der Waals surface area contributed by atoms with E-state index in [-0.39, 0.29) is 5.69 Å². The maximum atomic E-state index is 11.4. The van der Waals surface area contributed by atoms with E-state index in [1.54, 1.807) is 13.0 Å². The number of aliphatic hydroxyl groups is 1. The molecule has 6 nitrogen and oxygen atoms in total. The standard InChI is InChI=1S/C16H21N3O3/c1-11-10-12-4-3-5-16(22,14(12)17-13(11)15(20)21)19-8-6-18(2)7-9-19/h3-4,10,22H,5-9H2,1-2H3,(H,20,21). The smallest absolute Gasteiger partial charge is 0.354 e. The number of hydrogen-bond acceptors (Lipinski definition) is 5. The highest BCUT2D eigenvalue weighted by molar-refractivity contribution is 5.87. The molecule has 0 spiro atoms. The first-order chi connectivity index (χ1) is 10.4. The van der Waals surface area contributed by atoms with Crippen LogP contribution in [-0.2, 0) is 5.72 Å². The second kappa shape index (κ2) is 5.46. The summed E-state index contributed by atoms with van der Waals surface area (Å²) in [4.78, 5) is 19.9. The van der Waals surface area contributed by atoms with Gasteiger partial charge in [-0.05, 0) is 25.6 Å². The van der Waals surface area contributed by atoms with Gasteiger partial charge in [0.1, 0.15) is 0 Å². The van der Waals surface area contributed by atoms with E-state index < -0.39 is 11.7 Å². The van der Waals surface area contributed by atoms with Gasteiger partial charge in [0.25, 0.3) is 0 Å². The maximum absolute atomic E-state index is 11.4. The van der Waals surface area contributed by atoms with Gasteiger partial charge in [-0.1, -0.05) is 12.2 Å². The van der Waals surface area contributed by atoms with Gasteiger partial charge in [0.15, 0.2) is 11.4 Å². The lowest BCUT2D eigenvalue weighted by Crippen LogP contribution is -2.55. The number of aromatic nitrogens is 1. The second-order valence-corrected chi connectivity index (χ2v) is 6.11. The number of fused-ring (bicyclic) bond motifs is 1. The number of likely N-dealkylation sites (N-methyl/N-ethyl adjacent to an activating group) is 1. The van der Waals surface area contributed by atoms with Crippen LogP contribution in [0.3, 0.4) is 0 Å². The largest absolute Gasteiger partial charge is 0.477 e. The van der Waals surface area contributed by atoms with E-state index in [1.165, 1.54) is 0 Å². The van der Waals surface area contributed by atoms with Crippen molar-refractivity contribution in [3.8, 4) is 0 Å². The van der Waals surface area contributed by atoms with Crippen LogP contribution >= 0.6 is 0 Å². The molecule has 118 valence electrons. The van der Waals surface area contributed by atoms with E-state index in [4.69, 9.17) is 0 Å². The van der Waals surface area contributed by atoms with E-state index in [2.05, 4.69) is 16.9 Å². The van der Waals surface area contributed by atoms with Crippen molar-refractivity contribution < 1.29 is 15.0 Å². The van der Waals surface area contributed by atoms with E-state index in [0.29, 0.717) is 17.7 Å². The number of hydrogen-bond donors (Lipinski definition) is 2. The van der Waals surface area contributed by atoms with Gasteiger partial charge in [-0.2, -0.15) is 0 Å². The van der Waals surface area contributed by atoms with Crippen LogP contribution in [0.5, 0.6) is 0 Å². The lowest BCUT2D eigenvalue weighted by molar-refractivity contribution is -0.131. The highest BCUT2D eigenvalue weighted by atomic mass is 16.4. The lowest BCUT2D eigenvalue weighted by Gasteiger charge is -2.44. The van der Waals surface area contributed by atoms with E-state index in [9.17, 15) is 15.0 Å². The summed E-state index contributed by atoms with van der Waals surface area (Å²) in [6, 6.07) is 1.79. The van der Waals surface area contributed by atoms with Gasteiger partial charge in [0.2, 0.25) is 0 Å². The maximum Gasteiger partial charge on any atom is 0.354 e. The Labute approximate surface area is 129 Å². The number of carboxylic acids is 1. The van der Waals surface area contributed by atoms with Crippen LogP contribution in [0.4, 0.5) is 0 Å². The Morgan fingerprint density at radius 1 is 1.32 bits per heavy atom. The fraction of sp³-hybridized carbons (Fsp3) is 0.500. The van der Waals surface area contributed by atoms with Crippen molar-refractivity contribution in [1.82, 2.24) is 14.8 Å². The van der Waals surface area contributed by atoms with Gasteiger partial charge in [0.05, 0.1) is 5.69 Å². The summed E-state index contributed by atoms with van der Waals surface area (Å²) in [6.07, 6.45) is 4.27. The molecule has 2 heterocycles. The summed E-state index contributed by atoms with van der Waals surface area (Å²) < 4.78 is 0. The SMILES string of the molecule is Cc1cc2c(nc1C(=O)O)C(O)(N1CCN(C)CC1)CC=C2. The highest BCUT2D eigenvalue weighted by Gasteiger charge is 2.41. The molecule has 0 amide bonds. The van der Waals surface area contributed by atoms with E-state index >= 15 is 0 Å². The fourth-order valence-electron chi connectivity index (χ4n) is 3.20. The van der Waals surface area contributed by atoms with Crippen molar-refractivity contribution in [2.24, 2.45) is 0 Å². The summed E-state index contributed by atoms with van der Waals surface area (Å²) in [5.41, 5.74) is 0.668. The normalized spacial score (nSPS) is 26.0. The van der Waals surface area contributed by atoms with Gasteiger partial charge in [-0.3, -0.25) is 4.90 Å². The minimum atomic E-state index is -1.22.